The van der Waals surface area contributed by atoms with Crippen LogP contribution in [0.3, 0.4) is 0 Å². The van der Waals surface area contributed by atoms with E-state index in [-0.39, 0.29) is 11.2 Å². The third kappa shape index (κ3) is 3.91. The molecule has 0 unspecified atom stereocenters. The van der Waals surface area contributed by atoms with Gasteiger partial charge in [0.2, 0.25) is 0 Å². The number of aryl methyl sites for hydroxylation is 3. The molecule has 0 bridgehead atoms. The number of nitrogens with zero attached hydrogens (tertiary/aromatic N) is 5. The number of benzene rings is 2. The minimum absolute atomic E-state index is 0.0670. The van der Waals surface area contributed by atoms with Gasteiger partial charge in [-0.3, -0.25) is 24.0 Å². The maximum Gasteiger partial charge on any atom is 0.328 e. The minimum atomic E-state index is -0.143. The SMILES string of the molecule is Cc1[nH]n(-c2ccc(I)cc2)c(=O)c1C=Nc1cc2c(cc1N1CCCCC1)n(C)c(=O)n2C. The fourth-order valence-corrected chi connectivity index (χ4v) is 4.99. The Kier molecular flexibility index (Phi) is 5.97. The Hall–Kier alpha value is -3.08. The number of anilines is 1. The Morgan fingerprint density at radius 1 is 0.971 bits per heavy atom. The van der Waals surface area contributed by atoms with Crippen molar-refractivity contribution in [3.63, 3.8) is 0 Å². The van der Waals surface area contributed by atoms with Gasteiger partial charge in [-0.25, -0.2) is 9.48 Å². The molecular formula is C25H27IN6O2. The number of aliphatic imine (C=N–C) groups is 1. The molecule has 5 rings (SSSR count). The highest BCUT2D eigenvalue weighted by atomic mass is 127. The molecule has 0 spiro atoms. The number of aromatic amines is 1. The van der Waals surface area contributed by atoms with Crippen molar-refractivity contribution in [1.29, 1.82) is 0 Å². The second-order valence-corrected chi connectivity index (χ2v) is 10.0. The van der Waals surface area contributed by atoms with Crippen molar-refractivity contribution in [3.05, 3.63) is 72.1 Å². The molecule has 1 aliphatic heterocycles. The van der Waals surface area contributed by atoms with Crippen molar-refractivity contribution in [1.82, 2.24) is 18.9 Å². The highest BCUT2D eigenvalue weighted by Gasteiger charge is 2.19. The van der Waals surface area contributed by atoms with E-state index in [9.17, 15) is 9.59 Å². The van der Waals surface area contributed by atoms with E-state index in [0.29, 0.717) is 5.56 Å². The van der Waals surface area contributed by atoms with Gasteiger partial charge in [0.05, 0.1) is 33.7 Å². The van der Waals surface area contributed by atoms with E-state index < -0.39 is 0 Å². The highest BCUT2D eigenvalue weighted by Crippen LogP contribution is 2.34. The van der Waals surface area contributed by atoms with Crippen LogP contribution in [0, 0.1) is 10.5 Å². The average molecular weight is 570 g/mol. The topological polar surface area (TPSA) is 80.3 Å². The van der Waals surface area contributed by atoms with Crippen LogP contribution >= 0.6 is 22.6 Å². The molecule has 1 fully saturated rings. The highest BCUT2D eigenvalue weighted by molar-refractivity contribution is 14.1. The van der Waals surface area contributed by atoms with Crippen molar-refractivity contribution < 1.29 is 0 Å². The lowest BCUT2D eigenvalue weighted by atomic mass is 10.1. The summed E-state index contributed by atoms with van der Waals surface area (Å²) in [6.45, 7) is 3.79. The number of hydrogen-bond acceptors (Lipinski definition) is 4. The second-order valence-electron chi connectivity index (χ2n) is 8.80. The molecule has 2 aromatic heterocycles. The van der Waals surface area contributed by atoms with E-state index in [0.717, 1.165) is 63.3 Å². The van der Waals surface area contributed by atoms with Gasteiger partial charge in [-0.15, -0.1) is 0 Å². The van der Waals surface area contributed by atoms with Gasteiger partial charge in [0.1, 0.15) is 0 Å². The number of piperidine rings is 1. The van der Waals surface area contributed by atoms with Gasteiger partial charge in [0, 0.05) is 42.7 Å². The van der Waals surface area contributed by atoms with Crippen molar-refractivity contribution in [3.8, 4) is 5.69 Å². The van der Waals surface area contributed by atoms with Gasteiger partial charge in [0.25, 0.3) is 5.56 Å². The zero-order valence-electron chi connectivity index (χ0n) is 19.5. The Morgan fingerprint density at radius 2 is 1.62 bits per heavy atom. The van der Waals surface area contributed by atoms with Crippen LogP contribution in [-0.4, -0.2) is 38.2 Å². The molecule has 0 atom stereocenters. The molecule has 9 heteroatoms. The molecule has 34 heavy (non-hydrogen) atoms. The standard InChI is InChI=1S/C25H27IN6O2/c1-16-19(24(33)32(28-16)18-9-7-17(26)8-10-18)15-27-20-13-22-23(30(3)25(34)29(22)2)14-21(20)31-11-5-4-6-12-31/h7-10,13-15,28H,4-6,11-12H2,1-3H3. The molecule has 1 saturated heterocycles. The maximum absolute atomic E-state index is 13.2. The number of halogens is 1. The lowest BCUT2D eigenvalue weighted by molar-refractivity contribution is 0.578. The van der Waals surface area contributed by atoms with Crippen molar-refractivity contribution in [2.45, 2.75) is 26.2 Å². The zero-order chi connectivity index (χ0) is 24.0. The van der Waals surface area contributed by atoms with Crippen LogP contribution in [0.25, 0.3) is 16.7 Å². The lowest BCUT2D eigenvalue weighted by Gasteiger charge is -2.30. The van der Waals surface area contributed by atoms with Crippen LogP contribution < -0.4 is 16.1 Å². The van der Waals surface area contributed by atoms with E-state index in [4.69, 9.17) is 4.99 Å². The molecule has 176 valence electrons. The first-order chi connectivity index (χ1) is 16.3. The van der Waals surface area contributed by atoms with Crippen LogP contribution in [0.1, 0.15) is 30.5 Å². The zero-order valence-corrected chi connectivity index (χ0v) is 21.7. The van der Waals surface area contributed by atoms with Crippen LogP contribution in [-0.2, 0) is 14.1 Å². The van der Waals surface area contributed by atoms with Gasteiger partial charge in [-0.05, 0) is 85.2 Å². The normalized spacial score (nSPS) is 14.5. The maximum atomic E-state index is 13.2. The molecule has 4 aromatic rings. The second kappa shape index (κ2) is 8.94. The lowest BCUT2D eigenvalue weighted by Crippen LogP contribution is -2.29. The summed E-state index contributed by atoms with van der Waals surface area (Å²) in [5.74, 6) is 0. The third-order valence-electron chi connectivity index (χ3n) is 6.60. The van der Waals surface area contributed by atoms with E-state index in [1.807, 2.05) is 37.3 Å². The summed E-state index contributed by atoms with van der Waals surface area (Å²) in [6, 6.07) is 11.8. The van der Waals surface area contributed by atoms with Crippen LogP contribution in [0.4, 0.5) is 11.4 Å². The van der Waals surface area contributed by atoms with Crippen LogP contribution in [0.5, 0.6) is 0 Å². The predicted octanol–water partition coefficient (Wildman–Crippen LogP) is 4.01. The summed E-state index contributed by atoms with van der Waals surface area (Å²) < 4.78 is 5.96. The average Bonchev–Trinajstić information content (AvgIpc) is 3.25. The monoisotopic (exact) mass is 570 g/mol. The molecule has 0 aliphatic carbocycles. The Morgan fingerprint density at radius 3 is 2.29 bits per heavy atom. The number of hydrogen-bond donors (Lipinski definition) is 1. The molecule has 1 N–H and O–H groups in total. The van der Waals surface area contributed by atoms with Crippen molar-refractivity contribution in [2.75, 3.05) is 18.0 Å². The Balaban J connectivity index is 1.61. The number of nitrogens with one attached hydrogen (secondary N) is 1. The number of H-pyrrole nitrogens is 1. The summed E-state index contributed by atoms with van der Waals surface area (Å²) in [7, 11) is 3.57. The van der Waals surface area contributed by atoms with Gasteiger partial charge in [-0.2, -0.15) is 0 Å². The molecule has 3 heterocycles. The molecule has 0 amide bonds. The number of fused-ring (bicyclic) bond motifs is 1. The van der Waals surface area contributed by atoms with Crippen LogP contribution in [0.2, 0.25) is 0 Å². The Bertz CT molecular complexity index is 1510. The van der Waals surface area contributed by atoms with E-state index in [1.165, 1.54) is 6.42 Å². The summed E-state index contributed by atoms with van der Waals surface area (Å²) in [4.78, 5) is 32.8. The molecule has 2 aromatic carbocycles. The Labute approximate surface area is 210 Å². The first-order valence-corrected chi connectivity index (χ1v) is 12.5. The van der Waals surface area contributed by atoms with Gasteiger partial charge in [-0.1, -0.05) is 0 Å². The summed E-state index contributed by atoms with van der Waals surface area (Å²) >= 11 is 2.24. The fraction of sp³-hybridized carbons (Fsp3) is 0.320. The largest absolute Gasteiger partial charge is 0.370 e. The quantitative estimate of drug-likeness (QED) is 0.298. The molecular weight excluding hydrogens is 543 g/mol. The fourth-order valence-electron chi connectivity index (χ4n) is 4.63. The van der Waals surface area contributed by atoms with Gasteiger partial charge >= 0.3 is 5.69 Å². The van der Waals surface area contributed by atoms with Crippen molar-refractivity contribution in [2.24, 2.45) is 19.1 Å². The molecule has 8 nitrogen and oxygen atoms in total. The first-order valence-electron chi connectivity index (χ1n) is 11.4. The summed E-state index contributed by atoms with van der Waals surface area (Å²) in [5, 5.41) is 3.16. The molecule has 0 saturated carbocycles. The summed E-state index contributed by atoms with van der Waals surface area (Å²) in [6.07, 6.45) is 5.13. The summed E-state index contributed by atoms with van der Waals surface area (Å²) in [5.41, 5.74) is 5.30. The first kappa shape index (κ1) is 22.7. The van der Waals surface area contributed by atoms with E-state index in [1.54, 1.807) is 34.1 Å². The van der Waals surface area contributed by atoms with Gasteiger partial charge < -0.3 is 4.90 Å². The van der Waals surface area contributed by atoms with Crippen molar-refractivity contribution >= 4 is 51.2 Å². The van der Waals surface area contributed by atoms with E-state index in [2.05, 4.69) is 38.7 Å². The van der Waals surface area contributed by atoms with Gasteiger partial charge in [0.15, 0.2) is 0 Å². The third-order valence-corrected chi connectivity index (χ3v) is 7.32. The number of imidazole rings is 1. The smallest absolute Gasteiger partial charge is 0.328 e. The number of rotatable bonds is 4. The van der Waals surface area contributed by atoms with E-state index >= 15 is 0 Å². The minimum Gasteiger partial charge on any atom is -0.370 e. The van der Waals surface area contributed by atoms with Crippen LogP contribution in [0.15, 0.2) is 51.0 Å². The predicted molar refractivity (Wildman–Crippen MR) is 145 cm³/mol. The number of aromatic nitrogens is 4. The molecule has 1 aliphatic rings. The molecule has 0 radical (unpaired) electrons.